The van der Waals surface area contributed by atoms with Gasteiger partial charge >= 0.3 is 12.1 Å². The minimum Gasteiger partial charge on any atom is -0.469 e. The SMILES string of the molecule is COC(=O)CC1C2CN(c3cc(C(F)(F)F)nc(Cl)n3)CC12Br. The van der Waals surface area contributed by atoms with Crippen molar-refractivity contribution in [1.29, 1.82) is 0 Å². The standard InChI is InChI=1S/C13H12BrClF3N3O2/c1-23-10(22)2-6-7-4-21(5-12(6,7)14)9-3-8(13(16,17)18)19-11(15)20-9/h3,6-7H,2,4-5H2,1H3. The number of alkyl halides is 4. The molecule has 0 N–H and O–H groups in total. The summed E-state index contributed by atoms with van der Waals surface area (Å²) in [6, 6.07) is 0.891. The summed E-state index contributed by atoms with van der Waals surface area (Å²) in [5, 5.41) is -0.440. The maximum absolute atomic E-state index is 12.8. The van der Waals surface area contributed by atoms with Gasteiger partial charge in [-0.1, -0.05) is 15.9 Å². The van der Waals surface area contributed by atoms with Crippen molar-refractivity contribution in [3.8, 4) is 0 Å². The highest BCUT2D eigenvalue weighted by Crippen LogP contribution is 2.63. The molecule has 1 aromatic rings. The average molecular weight is 415 g/mol. The van der Waals surface area contributed by atoms with E-state index in [1.807, 2.05) is 0 Å². The smallest absolute Gasteiger partial charge is 0.433 e. The van der Waals surface area contributed by atoms with Gasteiger partial charge in [0.2, 0.25) is 5.28 Å². The van der Waals surface area contributed by atoms with Crippen LogP contribution >= 0.6 is 27.5 Å². The Kier molecular flexibility index (Phi) is 3.99. The third kappa shape index (κ3) is 3.00. The van der Waals surface area contributed by atoms with Gasteiger partial charge in [0.1, 0.15) is 5.82 Å². The van der Waals surface area contributed by atoms with E-state index in [9.17, 15) is 18.0 Å². The molecule has 0 bridgehead atoms. The normalized spacial score (nSPS) is 29.4. The zero-order valence-corrected chi connectivity index (χ0v) is 14.2. The molecule has 1 aliphatic heterocycles. The molecule has 0 radical (unpaired) electrons. The number of fused-ring (bicyclic) bond motifs is 1. The maximum atomic E-state index is 12.8. The Bertz CT molecular complexity index is 660. The Morgan fingerprint density at radius 1 is 1.57 bits per heavy atom. The number of aromatic nitrogens is 2. The van der Waals surface area contributed by atoms with Crippen LogP contribution in [0.1, 0.15) is 12.1 Å². The van der Waals surface area contributed by atoms with E-state index in [2.05, 4.69) is 30.6 Å². The van der Waals surface area contributed by atoms with Gasteiger partial charge in [0.15, 0.2) is 5.69 Å². The van der Waals surface area contributed by atoms with Crippen molar-refractivity contribution in [2.45, 2.75) is 16.9 Å². The number of carbonyl (C=O) groups excluding carboxylic acids is 1. The topological polar surface area (TPSA) is 55.3 Å². The van der Waals surface area contributed by atoms with E-state index in [-0.39, 0.29) is 27.9 Å². The Labute approximate surface area is 143 Å². The first-order valence-corrected chi connectivity index (χ1v) is 7.94. The van der Waals surface area contributed by atoms with Gasteiger partial charge in [-0.05, 0) is 23.4 Å². The molecule has 23 heavy (non-hydrogen) atoms. The molecule has 5 nitrogen and oxygen atoms in total. The van der Waals surface area contributed by atoms with Crippen molar-refractivity contribution in [2.75, 3.05) is 25.1 Å². The quantitative estimate of drug-likeness (QED) is 0.432. The summed E-state index contributed by atoms with van der Waals surface area (Å²) in [5.41, 5.74) is -1.07. The van der Waals surface area contributed by atoms with Crippen LogP contribution in [0.5, 0.6) is 0 Å². The number of hydrogen-bond donors (Lipinski definition) is 0. The van der Waals surface area contributed by atoms with Crippen LogP contribution in [-0.4, -0.2) is 40.5 Å². The minimum atomic E-state index is -4.58. The number of ether oxygens (including phenoxy) is 1. The van der Waals surface area contributed by atoms with E-state index >= 15 is 0 Å². The summed E-state index contributed by atoms with van der Waals surface area (Å²) in [6.45, 7) is 0.946. The Balaban J connectivity index is 1.75. The highest BCUT2D eigenvalue weighted by atomic mass is 79.9. The highest BCUT2D eigenvalue weighted by Gasteiger charge is 2.68. The predicted octanol–water partition coefficient (Wildman–Crippen LogP) is 2.91. The molecule has 1 aliphatic carbocycles. The Hall–Kier alpha value is -1.09. The van der Waals surface area contributed by atoms with Crippen LogP contribution in [0.2, 0.25) is 5.28 Å². The Morgan fingerprint density at radius 2 is 2.26 bits per heavy atom. The second-order valence-electron chi connectivity index (χ2n) is 5.68. The van der Waals surface area contributed by atoms with E-state index in [0.29, 0.717) is 19.5 Å². The summed E-state index contributed by atoms with van der Waals surface area (Å²) in [7, 11) is 1.33. The van der Waals surface area contributed by atoms with Crippen molar-refractivity contribution in [3.05, 3.63) is 17.0 Å². The van der Waals surface area contributed by atoms with Crippen molar-refractivity contribution >= 4 is 39.3 Å². The Morgan fingerprint density at radius 3 is 2.78 bits per heavy atom. The second-order valence-corrected chi connectivity index (χ2v) is 7.49. The zero-order valence-electron chi connectivity index (χ0n) is 11.9. The van der Waals surface area contributed by atoms with Crippen molar-refractivity contribution < 1.29 is 22.7 Å². The number of hydrogen-bond acceptors (Lipinski definition) is 5. The molecule has 10 heteroatoms. The number of esters is 1. The average Bonchev–Trinajstić information content (AvgIpc) is 2.82. The molecule has 1 aromatic heterocycles. The third-order valence-corrected chi connectivity index (χ3v) is 5.97. The summed E-state index contributed by atoms with van der Waals surface area (Å²) in [4.78, 5) is 20.2. The van der Waals surface area contributed by atoms with Gasteiger partial charge in [-0.2, -0.15) is 13.2 Å². The summed E-state index contributed by atoms with van der Waals surface area (Å²) in [5.74, 6) is 0.120. The van der Waals surface area contributed by atoms with Gasteiger partial charge in [0.05, 0.1) is 17.9 Å². The van der Waals surface area contributed by atoms with Crippen molar-refractivity contribution in [2.24, 2.45) is 11.8 Å². The lowest BCUT2D eigenvalue weighted by Gasteiger charge is -2.23. The monoisotopic (exact) mass is 413 g/mol. The van der Waals surface area contributed by atoms with Crippen LogP contribution < -0.4 is 4.90 Å². The molecule has 126 valence electrons. The highest BCUT2D eigenvalue weighted by molar-refractivity contribution is 9.10. The maximum Gasteiger partial charge on any atom is 0.433 e. The van der Waals surface area contributed by atoms with E-state index in [4.69, 9.17) is 11.6 Å². The molecule has 2 heterocycles. The van der Waals surface area contributed by atoms with Crippen LogP contribution in [0.4, 0.5) is 19.0 Å². The number of piperidine rings is 1. The van der Waals surface area contributed by atoms with E-state index in [1.54, 1.807) is 4.90 Å². The van der Waals surface area contributed by atoms with Crippen LogP contribution in [0.3, 0.4) is 0 Å². The molecule has 3 unspecified atom stereocenters. The van der Waals surface area contributed by atoms with Crippen molar-refractivity contribution in [3.63, 3.8) is 0 Å². The number of anilines is 1. The molecular weight excluding hydrogens is 403 g/mol. The fourth-order valence-corrected chi connectivity index (χ4v) is 4.43. The number of nitrogens with zero attached hydrogens (tertiary/aromatic N) is 3. The third-order valence-electron chi connectivity index (χ3n) is 4.37. The zero-order chi connectivity index (χ0) is 17.0. The molecule has 2 aliphatic rings. The fourth-order valence-electron chi connectivity index (χ4n) is 3.14. The minimum absolute atomic E-state index is 0.116. The molecule has 0 aromatic carbocycles. The molecule has 3 atom stereocenters. The summed E-state index contributed by atoms with van der Waals surface area (Å²) < 4.78 is 42.8. The number of carbonyl (C=O) groups is 1. The molecule has 1 saturated carbocycles. The molecule has 0 spiro atoms. The van der Waals surface area contributed by atoms with E-state index in [1.165, 1.54) is 7.11 Å². The summed E-state index contributed by atoms with van der Waals surface area (Å²) >= 11 is 9.22. The lowest BCUT2D eigenvalue weighted by atomic mass is 10.2. The molecule has 0 amide bonds. The number of rotatable bonds is 3. The van der Waals surface area contributed by atoms with Gasteiger partial charge in [-0.3, -0.25) is 4.79 Å². The predicted molar refractivity (Wildman–Crippen MR) is 79.5 cm³/mol. The number of methoxy groups -OCH3 is 1. The summed E-state index contributed by atoms with van der Waals surface area (Å²) in [6.07, 6.45) is -4.29. The van der Waals surface area contributed by atoms with Gasteiger partial charge in [-0.15, -0.1) is 0 Å². The van der Waals surface area contributed by atoms with Gasteiger partial charge in [-0.25, -0.2) is 9.97 Å². The largest absolute Gasteiger partial charge is 0.469 e. The molecule has 2 fully saturated rings. The fraction of sp³-hybridized carbons (Fsp3) is 0.615. The van der Waals surface area contributed by atoms with Crippen LogP contribution in [0.15, 0.2) is 6.07 Å². The number of halogens is 5. The van der Waals surface area contributed by atoms with Crippen LogP contribution in [-0.2, 0) is 15.7 Å². The lowest BCUT2D eigenvalue weighted by molar-refractivity contribution is -0.142. The second kappa shape index (κ2) is 5.47. The van der Waals surface area contributed by atoms with E-state index < -0.39 is 17.2 Å². The van der Waals surface area contributed by atoms with Gasteiger partial charge in [0, 0.05) is 19.2 Å². The lowest BCUT2D eigenvalue weighted by Crippen LogP contribution is -2.29. The molecule has 3 rings (SSSR count). The first-order chi connectivity index (χ1) is 10.6. The van der Waals surface area contributed by atoms with Gasteiger partial charge in [0.25, 0.3) is 0 Å². The van der Waals surface area contributed by atoms with E-state index in [0.717, 1.165) is 6.07 Å². The molecule has 1 saturated heterocycles. The van der Waals surface area contributed by atoms with Crippen molar-refractivity contribution in [1.82, 2.24) is 9.97 Å². The van der Waals surface area contributed by atoms with Crippen LogP contribution in [0.25, 0.3) is 0 Å². The van der Waals surface area contributed by atoms with Crippen LogP contribution in [0, 0.1) is 11.8 Å². The van der Waals surface area contributed by atoms with Gasteiger partial charge < -0.3 is 9.64 Å². The molecular formula is C13H12BrClF3N3O2. The first-order valence-electron chi connectivity index (χ1n) is 6.77. The first kappa shape index (κ1) is 16.8.